The van der Waals surface area contributed by atoms with E-state index in [0.29, 0.717) is 18.8 Å². The second-order valence-corrected chi connectivity index (χ2v) is 5.07. The van der Waals surface area contributed by atoms with Crippen molar-refractivity contribution in [1.82, 2.24) is 0 Å². The fraction of sp³-hybridized carbons (Fsp3) is 0.571. The molecular formula is C14H20O2. The molecule has 0 radical (unpaired) electrons. The van der Waals surface area contributed by atoms with Crippen molar-refractivity contribution in [3.8, 4) is 0 Å². The third-order valence-electron chi connectivity index (χ3n) is 3.76. The molecule has 0 atom stereocenters. The van der Waals surface area contributed by atoms with Crippen LogP contribution in [0.5, 0.6) is 0 Å². The molecule has 1 aliphatic rings. The smallest absolute Gasteiger partial charge is 0.0877 e. The highest BCUT2D eigenvalue weighted by Crippen LogP contribution is 2.37. The first kappa shape index (κ1) is 11.6. The summed E-state index contributed by atoms with van der Waals surface area (Å²) in [6, 6.07) is 8.65. The molecule has 2 nitrogen and oxygen atoms in total. The van der Waals surface area contributed by atoms with Crippen molar-refractivity contribution in [2.24, 2.45) is 0 Å². The minimum atomic E-state index is -0.818. The van der Waals surface area contributed by atoms with E-state index >= 15 is 0 Å². The standard InChI is InChI=1S/C14H20O2/c1-11-2-4-12(5-3-11)13-6-8-14(16,10-15)9-7-13/h2-5,13,15-16H,6-10H2,1H3. The molecule has 0 bridgehead atoms. The Bertz CT molecular complexity index is 334. The second-order valence-electron chi connectivity index (χ2n) is 5.07. The average molecular weight is 220 g/mol. The topological polar surface area (TPSA) is 40.5 Å². The predicted molar refractivity (Wildman–Crippen MR) is 64.4 cm³/mol. The molecule has 0 aliphatic heterocycles. The van der Waals surface area contributed by atoms with Crippen molar-refractivity contribution in [3.05, 3.63) is 35.4 Å². The Balaban J connectivity index is 2.01. The summed E-state index contributed by atoms with van der Waals surface area (Å²) >= 11 is 0. The average Bonchev–Trinajstić information content (AvgIpc) is 2.32. The van der Waals surface area contributed by atoms with Crippen molar-refractivity contribution in [2.75, 3.05) is 6.61 Å². The minimum Gasteiger partial charge on any atom is -0.393 e. The number of hydrogen-bond donors (Lipinski definition) is 2. The predicted octanol–water partition coefficient (Wildman–Crippen LogP) is 2.38. The van der Waals surface area contributed by atoms with E-state index in [0.717, 1.165) is 12.8 Å². The number of hydrogen-bond acceptors (Lipinski definition) is 2. The van der Waals surface area contributed by atoms with Gasteiger partial charge in [0, 0.05) is 0 Å². The molecule has 0 heterocycles. The van der Waals surface area contributed by atoms with Gasteiger partial charge in [-0.05, 0) is 44.1 Å². The summed E-state index contributed by atoms with van der Waals surface area (Å²) < 4.78 is 0. The van der Waals surface area contributed by atoms with Gasteiger partial charge in [-0.3, -0.25) is 0 Å². The van der Waals surface area contributed by atoms with Crippen LogP contribution in [-0.4, -0.2) is 22.4 Å². The molecule has 1 aromatic rings. The highest BCUT2D eigenvalue weighted by Gasteiger charge is 2.32. The molecule has 2 rings (SSSR count). The maximum absolute atomic E-state index is 9.94. The Kier molecular flexibility index (Phi) is 3.31. The lowest BCUT2D eigenvalue weighted by molar-refractivity contribution is -0.0456. The summed E-state index contributed by atoms with van der Waals surface area (Å²) in [7, 11) is 0. The first-order valence-electron chi connectivity index (χ1n) is 6.03. The van der Waals surface area contributed by atoms with Crippen molar-refractivity contribution in [1.29, 1.82) is 0 Å². The zero-order valence-corrected chi connectivity index (χ0v) is 9.82. The van der Waals surface area contributed by atoms with Gasteiger partial charge in [0.25, 0.3) is 0 Å². The van der Waals surface area contributed by atoms with E-state index in [1.165, 1.54) is 11.1 Å². The van der Waals surface area contributed by atoms with E-state index in [1.807, 2.05) is 0 Å². The fourth-order valence-corrected chi connectivity index (χ4v) is 2.49. The monoisotopic (exact) mass is 220 g/mol. The first-order chi connectivity index (χ1) is 7.63. The van der Waals surface area contributed by atoms with Crippen LogP contribution in [0.1, 0.15) is 42.7 Å². The Morgan fingerprint density at radius 3 is 2.25 bits per heavy atom. The van der Waals surface area contributed by atoms with Crippen LogP contribution in [0.4, 0.5) is 0 Å². The lowest BCUT2D eigenvalue weighted by Crippen LogP contribution is -2.37. The van der Waals surface area contributed by atoms with Gasteiger partial charge in [0.2, 0.25) is 0 Å². The lowest BCUT2D eigenvalue weighted by Gasteiger charge is -2.34. The van der Waals surface area contributed by atoms with E-state index in [9.17, 15) is 5.11 Å². The van der Waals surface area contributed by atoms with Gasteiger partial charge in [0.15, 0.2) is 0 Å². The Hall–Kier alpha value is -0.860. The number of aliphatic hydroxyl groups excluding tert-OH is 1. The molecule has 16 heavy (non-hydrogen) atoms. The largest absolute Gasteiger partial charge is 0.393 e. The zero-order valence-electron chi connectivity index (χ0n) is 9.82. The molecule has 1 saturated carbocycles. The van der Waals surface area contributed by atoms with Crippen LogP contribution in [0.15, 0.2) is 24.3 Å². The Morgan fingerprint density at radius 1 is 1.19 bits per heavy atom. The van der Waals surface area contributed by atoms with E-state index in [4.69, 9.17) is 5.11 Å². The lowest BCUT2D eigenvalue weighted by atomic mass is 9.76. The van der Waals surface area contributed by atoms with Gasteiger partial charge in [0.1, 0.15) is 0 Å². The number of aliphatic hydroxyl groups is 2. The first-order valence-corrected chi connectivity index (χ1v) is 6.03. The van der Waals surface area contributed by atoms with Crippen molar-refractivity contribution in [2.45, 2.75) is 44.1 Å². The molecule has 0 aromatic heterocycles. The van der Waals surface area contributed by atoms with Gasteiger partial charge in [-0.1, -0.05) is 29.8 Å². The molecule has 1 aromatic carbocycles. The summed E-state index contributed by atoms with van der Waals surface area (Å²) in [6.07, 6.45) is 3.37. The molecule has 1 aliphatic carbocycles. The quantitative estimate of drug-likeness (QED) is 0.803. The van der Waals surface area contributed by atoms with Gasteiger partial charge < -0.3 is 10.2 Å². The molecule has 0 spiro atoms. The van der Waals surface area contributed by atoms with Crippen LogP contribution in [0.25, 0.3) is 0 Å². The van der Waals surface area contributed by atoms with Gasteiger partial charge in [-0.2, -0.15) is 0 Å². The van der Waals surface area contributed by atoms with Gasteiger partial charge in [0.05, 0.1) is 12.2 Å². The second kappa shape index (κ2) is 4.56. The molecule has 0 unspecified atom stereocenters. The zero-order chi connectivity index (χ0) is 11.6. The molecule has 2 N–H and O–H groups in total. The van der Waals surface area contributed by atoms with Crippen molar-refractivity contribution < 1.29 is 10.2 Å². The molecular weight excluding hydrogens is 200 g/mol. The van der Waals surface area contributed by atoms with Gasteiger partial charge in [-0.25, -0.2) is 0 Å². The van der Waals surface area contributed by atoms with Crippen molar-refractivity contribution in [3.63, 3.8) is 0 Å². The van der Waals surface area contributed by atoms with E-state index in [2.05, 4.69) is 31.2 Å². The number of benzene rings is 1. The fourth-order valence-electron chi connectivity index (χ4n) is 2.49. The van der Waals surface area contributed by atoms with E-state index in [-0.39, 0.29) is 6.61 Å². The Morgan fingerprint density at radius 2 is 1.75 bits per heavy atom. The van der Waals surface area contributed by atoms with Crippen LogP contribution in [0.2, 0.25) is 0 Å². The summed E-state index contributed by atoms with van der Waals surface area (Å²) in [5.41, 5.74) is 1.83. The molecule has 2 heteroatoms. The molecule has 1 fully saturated rings. The highest BCUT2D eigenvalue weighted by molar-refractivity contribution is 5.25. The van der Waals surface area contributed by atoms with Crippen molar-refractivity contribution >= 4 is 0 Å². The maximum atomic E-state index is 9.94. The molecule has 88 valence electrons. The van der Waals surface area contributed by atoms with Crippen LogP contribution in [-0.2, 0) is 0 Å². The molecule has 0 saturated heterocycles. The van der Waals surface area contributed by atoms with Crippen LogP contribution in [0.3, 0.4) is 0 Å². The summed E-state index contributed by atoms with van der Waals surface area (Å²) in [6.45, 7) is 1.99. The van der Waals surface area contributed by atoms with Gasteiger partial charge >= 0.3 is 0 Å². The summed E-state index contributed by atoms with van der Waals surface area (Å²) in [4.78, 5) is 0. The van der Waals surface area contributed by atoms with Crippen LogP contribution >= 0.6 is 0 Å². The summed E-state index contributed by atoms with van der Waals surface area (Å²) in [5.74, 6) is 0.549. The van der Waals surface area contributed by atoms with Gasteiger partial charge in [-0.15, -0.1) is 0 Å². The SMILES string of the molecule is Cc1ccc(C2CCC(O)(CO)CC2)cc1. The summed E-state index contributed by atoms with van der Waals surface area (Å²) in [5, 5.41) is 19.0. The van der Waals surface area contributed by atoms with Crippen LogP contribution < -0.4 is 0 Å². The molecule has 0 amide bonds. The van der Waals surface area contributed by atoms with E-state index < -0.39 is 5.60 Å². The third kappa shape index (κ3) is 2.45. The van der Waals surface area contributed by atoms with Crippen LogP contribution in [0, 0.1) is 6.92 Å². The third-order valence-corrected chi connectivity index (χ3v) is 3.76. The highest BCUT2D eigenvalue weighted by atomic mass is 16.3. The maximum Gasteiger partial charge on any atom is 0.0877 e. The minimum absolute atomic E-state index is 0.104. The normalized spacial score (nSPS) is 30.3. The van der Waals surface area contributed by atoms with E-state index in [1.54, 1.807) is 0 Å². The number of rotatable bonds is 2. The number of aryl methyl sites for hydroxylation is 1. The Labute approximate surface area is 96.9 Å².